The fourth-order valence-corrected chi connectivity index (χ4v) is 4.20. The van der Waals surface area contributed by atoms with Crippen LogP contribution < -0.4 is 9.73 Å². The number of hydrogen-bond donors (Lipinski definition) is 1. The van der Waals surface area contributed by atoms with Gasteiger partial charge in [0, 0.05) is 30.6 Å². The van der Waals surface area contributed by atoms with Gasteiger partial charge >= 0.3 is 6.18 Å². The Morgan fingerprint density at radius 1 is 1.00 bits per heavy atom. The van der Waals surface area contributed by atoms with Crippen LogP contribution in [0.5, 0.6) is 0 Å². The monoisotopic (exact) mass is 434 g/mol. The Balaban J connectivity index is 1.80. The molecular weight excluding hydrogens is 417 g/mol. The molecule has 0 radical (unpaired) electrons. The number of hydrogen-bond acceptors (Lipinski definition) is 4. The zero-order valence-corrected chi connectivity index (χ0v) is 16.8. The third kappa shape index (κ3) is 3.54. The van der Waals surface area contributed by atoms with E-state index in [0.29, 0.717) is 17.0 Å². The molecule has 4 rings (SSSR count). The second kappa shape index (κ2) is 6.91. The Bertz CT molecular complexity index is 1360. The Kier molecular flexibility index (Phi) is 4.61. The van der Waals surface area contributed by atoms with Crippen molar-refractivity contribution in [3.63, 3.8) is 0 Å². The summed E-state index contributed by atoms with van der Waals surface area (Å²) in [6.07, 6.45) is -3.16. The molecular formula is C20H17F3N4O2S. The second-order valence-electron chi connectivity index (χ2n) is 6.98. The lowest BCUT2D eigenvalue weighted by atomic mass is 10.1. The number of halogens is 3. The highest BCUT2D eigenvalue weighted by Crippen LogP contribution is 2.31. The molecule has 0 aliphatic carbocycles. The molecule has 3 aromatic carbocycles. The first-order chi connectivity index (χ1) is 14.1. The van der Waals surface area contributed by atoms with Crippen molar-refractivity contribution in [2.45, 2.75) is 11.1 Å². The highest BCUT2D eigenvalue weighted by molar-refractivity contribution is 7.92. The van der Waals surface area contributed by atoms with E-state index < -0.39 is 26.7 Å². The van der Waals surface area contributed by atoms with Crippen LogP contribution in [-0.4, -0.2) is 32.4 Å². The van der Waals surface area contributed by atoms with Gasteiger partial charge in [-0.15, -0.1) is 0 Å². The summed E-state index contributed by atoms with van der Waals surface area (Å²) in [6.45, 7) is 0. The number of sulfonamides is 1. The largest absolute Gasteiger partial charge is 0.416 e. The fourth-order valence-electron chi connectivity index (χ4n) is 3.19. The van der Waals surface area contributed by atoms with Gasteiger partial charge in [0.25, 0.3) is 10.0 Å². The molecule has 0 bridgehead atoms. The van der Waals surface area contributed by atoms with Crippen molar-refractivity contribution < 1.29 is 21.6 Å². The molecule has 0 amide bonds. The maximum Gasteiger partial charge on any atom is 0.416 e. The summed E-state index contributed by atoms with van der Waals surface area (Å²) >= 11 is 0. The average Bonchev–Trinajstić information content (AvgIpc) is 3.09. The summed E-state index contributed by atoms with van der Waals surface area (Å²) in [5.74, 6) is 0. The number of aromatic nitrogens is 2. The van der Waals surface area contributed by atoms with Crippen LogP contribution in [0.1, 0.15) is 5.56 Å². The number of benzene rings is 3. The van der Waals surface area contributed by atoms with Crippen LogP contribution in [-0.2, 0) is 16.2 Å². The lowest BCUT2D eigenvalue weighted by Crippen LogP contribution is -2.24. The fraction of sp³-hybridized carbons (Fsp3) is 0.150. The molecule has 6 nitrogen and oxygen atoms in total. The molecule has 0 fully saturated rings. The summed E-state index contributed by atoms with van der Waals surface area (Å²) in [7, 11) is -0.486. The van der Waals surface area contributed by atoms with Crippen LogP contribution in [0.4, 0.5) is 18.9 Å². The summed E-state index contributed by atoms with van der Waals surface area (Å²) in [6, 6.07) is 13.0. The molecule has 4 aromatic rings. The molecule has 30 heavy (non-hydrogen) atoms. The lowest BCUT2D eigenvalue weighted by Gasteiger charge is -2.14. The zero-order chi connectivity index (χ0) is 21.7. The highest BCUT2D eigenvalue weighted by atomic mass is 32.2. The maximum atomic E-state index is 13.0. The molecule has 0 saturated heterocycles. The van der Waals surface area contributed by atoms with E-state index in [0.717, 1.165) is 39.4 Å². The van der Waals surface area contributed by atoms with E-state index >= 15 is 0 Å². The van der Waals surface area contributed by atoms with Gasteiger partial charge in [-0.1, -0.05) is 24.3 Å². The van der Waals surface area contributed by atoms with Crippen LogP contribution in [0.2, 0.25) is 0 Å². The summed E-state index contributed by atoms with van der Waals surface area (Å²) < 4.78 is 64.4. The lowest BCUT2D eigenvalue weighted by molar-refractivity contribution is -0.137. The number of fused-ring (bicyclic) bond motifs is 3. The SMILES string of the molecule is CN(C)c1ccc2c(ccc3cnn(NS(=O)(=O)c4cccc(C(F)(F)F)c4)c32)c1. The normalized spacial score (nSPS) is 12.4. The van der Waals surface area contributed by atoms with E-state index in [4.69, 9.17) is 0 Å². The van der Waals surface area contributed by atoms with E-state index in [9.17, 15) is 21.6 Å². The minimum absolute atomic E-state index is 0.504. The zero-order valence-electron chi connectivity index (χ0n) is 16.0. The van der Waals surface area contributed by atoms with Crippen LogP contribution in [0.3, 0.4) is 0 Å². The van der Waals surface area contributed by atoms with Crippen LogP contribution in [0.25, 0.3) is 21.7 Å². The molecule has 156 valence electrons. The molecule has 0 spiro atoms. The molecule has 0 saturated carbocycles. The number of nitrogens with one attached hydrogen (secondary N) is 1. The van der Waals surface area contributed by atoms with Gasteiger partial charge in [-0.3, -0.25) is 0 Å². The minimum atomic E-state index is -4.65. The third-order valence-corrected chi connectivity index (χ3v) is 6.01. The van der Waals surface area contributed by atoms with Crippen molar-refractivity contribution in [3.05, 3.63) is 66.4 Å². The highest BCUT2D eigenvalue weighted by Gasteiger charge is 2.31. The van der Waals surface area contributed by atoms with Crippen LogP contribution in [0, 0.1) is 0 Å². The third-order valence-electron chi connectivity index (χ3n) is 4.72. The van der Waals surface area contributed by atoms with Crippen molar-refractivity contribution in [3.8, 4) is 0 Å². The second-order valence-corrected chi connectivity index (χ2v) is 8.64. The van der Waals surface area contributed by atoms with Crippen LogP contribution in [0.15, 0.2) is 65.7 Å². The first-order valence-corrected chi connectivity index (χ1v) is 10.3. The molecule has 10 heteroatoms. The molecule has 1 N–H and O–H groups in total. The predicted molar refractivity (Wildman–Crippen MR) is 110 cm³/mol. The van der Waals surface area contributed by atoms with E-state index in [2.05, 4.69) is 9.93 Å². The smallest absolute Gasteiger partial charge is 0.378 e. The number of anilines is 1. The van der Waals surface area contributed by atoms with E-state index in [1.54, 1.807) is 6.07 Å². The van der Waals surface area contributed by atoms with E-state index in [-0.39, 0.29) is 0 Å². The van der Waals surface area contributed by atoms with E-state index in [1.165, 1.54) is 6.20 Å². The molecule has 0 atom stereocenters. The quantitative estimate of drug-likeness (QED) is 0.523. The van der Waals surface area contributed by atoms with Gasteiger partial charge in [0.15, 0.2) is 0 Å². The summed E-state index contributed by atoms with van der Waals surface area (Å²) in [5.41, 5.74) is 0.434. The number of alkyl halides is 3. The Morgan fingerprint density at radius 2 is 1.73 bits per heavy atom. The maximum absolute atomic E-state index is 13.0. The van der Waals surface area contributed by atoms with Gasteiger partial charge in [0.2, 0.25) is 0 Å². The van der Waals surface area contributed by atoms with Crippen LogP contribution >= 0.6 is 0 Å². The molecule has 0 aliphatic rings. The van der Waals surface area contributed by atoms with Gasteiger partial charge in [0.05, 0.1) is 16.7 Å². The Morgan fingerprint density at radius 3 is 2.43 bits per heavy atom. The first-order valence-electron chi connectivity index (χ1n) is 8.84. The van der Waals surface area contributed by atoms with Crippen molar-refractivity contribution in [1.29, 1.82) is 0 Å². The first kappa shape index (κ1) is 20.0. The topological polar surface area (TPSA) is 67.2 Å². The van der Waals surface area contributed by atoms with Gasteiger partial charge in [0.1, 0.15) is 5.52 Å². The van der Waals surface area contributed by atoms with Crippen molar-refractivity contribution in [2.24, 2.45) is 0 Å². The van der Waals surface area contributed by atoms with Gasteiger partial charge in [-0.2, -0.15) is 36.3 Å². The van der Waals surface area contributed by atoms with Crippen molar-refractivity contribution in [2.75, 3.05) is 23.8 Å². The molecule has 0 unspecified atom stereocenters. The van der Waals surface area contributed by atoms with Crippen molar-refractivity contribution >= 4 is 37.4 Å². The minimum Gasteiger partial charge on any atom is -0.378 e. The Labute approximate surface area is 170 Å². The summed E-state index contributed by atoms with van der Waals surface area (Å²) in [4.78, 5) is 4.78. The van der Waals surface area contributed by atoms with Gasteiger partial charge in [-0.25, -0.2) is 0 Å². The standard InChI is InChI=1S/C20H17F3N4O2S/c1-26(2)16-8-9-18-13(10-16)6-7-14-12-24-27(19(14)18)25-30(28,29)17-5-3-4-15(11-17)20(21,22)23/h3-12,25H,1-2H3. The summed E-state index contributed by atoms with van der Waals surface area (Å²) in [5, 5.41) is 6.39. The predicted octanol–water partition coefficient (Wildman–Crippen LogP) is 4.21. The molecule has 1 heterocycles. The van der Waals surface area contributed by atoms with Crippen molar-refractivity contribution in [1.82, 2.24) is 9.89 Å². The number of nitrogens with zero attached hydrogens (tertiary/aromatic N) is 3. The molecule has 1 aromatic heterocycles. The van der Waals surface area contributed by atoms with Gasteiger partial charge < -0.3 is 4.90 Å². The number of rotatable bonds is 4. The average molecular weight is 434 g/mol. The van der Waals surface area contributed by atoms with E-state index in [1.807, 2.05) is 43.3 Å². The molecule has 0 aliphatic heterocycles. The Hall–Kier alpha value is -3.27. The van der Waals surface area contributed by atoms with Gasteiger partial charge in [-0.05, 0) is 35.7 Å².